The first-order valence-electron chi connectivity index (χ1n) is 7.20. The predicted molar refractivity (Wildman–Crippen MR) is 83.9 cm³/mol. The summed E-state index contributed by atoms with van der Waals surface area (Å²) in [6.07, 6.45) is 2.59. The number of hydrogen-bond acceptors (Lipinski definition) is 4. The van der Waals surface area contributed by atoms with Gasteiger partial charge in [-0.2, -0.15) is 0 Å². The lowest BCUT2D eigenvalue weighted by molar-refractivity contribution is 0.101. The summed E-state index contributed by atoms with van der Waals surface area (Å²) < 4.78 is 0. The van der Waals surface area contributed by atoms with Crippen molar-refractivity contribution < 1.29 is 0 Å². The van der Waals surface area contributed by atoms with Crippen LogP contribution in [0.3, 0.4) is 0 Å². The molecule has 3 nitrogen and oxygen atoms in total. The van der Waals surface area contributed by atoms with Crippen molar-refractivity contribution in [2.24, 2.45) is 5.73 Å². The number of rotatable bonds is 4. The third-order valence-electron chi connectivity index (χ3n) is 4.33. The Morgan fingerprint density at radius 3 is 2.79 bits per heavy atom. The van der Waals surface area contributed by atoms with Gasteiger partial charge >= 0.3 is 0 Å². The summed E-state index contributed by atoms with van der Waals surface area (Å²) in [5.41, 5.74) is 7.51. The highest BCUT2D eigenvalue weighted by molar-refractivity contribution is 7.12. The van der Waals surface area contributed by atoms with Gasteiger partial charge in [-0.15, -0.1) is 11.3 Å². The molecule has 2 heterocycles. The fraction of sp³-hybridized carbons (Fsp3) is 0.733. The van der Waals surface area contributed by atoms with Gasteiger partial charge < -0.3 is 10.6 Å². The van der Waals surface area contributed by atoms with Gasteiger partial charge in [-0.1, -0.05) is 0 Å². The maximum Gasteiger partial charge on any atom is 0.0481 e. The third-order valence-corrected chi connectivity index (χ3v) is 5.31. The molecule has 1 aromatic heterocycles. The largest absolute Gasteiger partial charge is 0.329 e. The topological polar surface area (TPSA) is 32.5 Å². The van der Waals surface area contributed by atoms with Crippen molar-refractivity contribution in [3.05, 3.63) is 21.4 Å². The summed E-state index contributed by atoms with van der Waals surface area (Å²) in [6.45, 7) is 7.50. The minimum atomic E-state index is 0.362. The van der Waals surface area contributed by atoms with Crippen LogP contribution in [0.2, 0.25) is 0 Å². The van der Waals surface area contributed by atoms with Crippen molar-refractivity contribution in [3.63, 3.8) is 0 Å². The van der Waals surface area contributed by atoms with Crippen LogP contribution in [0.5, 0.6) is 0 Å². The molecule has 1 aliphatic rings. The third kappa shape index (κ3) is 3.37. The molecule has 2 unspecified atom stereocenters. The quantitative estimate of drug-likeness (QED) is 0.920. The first-order chi connectivity index (χ1) is 9.02. The molecule has 0 spiro atoms. The summed E-state index contributed by atoms with van der Waals surface area (Å²) >= 11 is 1.88. The van der Waals surface area contributed by atoms with E-state index < -0.39 is 0 Å². The molecule has 0 aliphatic carbocycles. The van der Waals surface area contributed by atoms with Gasteiger partial charge in [-0.3, -0.25) is 4.90 Å². The molecule has 0 radical (unpaired) electrons. The van der Waals surface area contributed by atoms with E-state index in [1.54, 1.807) is 0 Å². The molecule has 2 N–H and O–H groups in total. The van der Waals surface area contributed by atoms with Crippen LogP contribution in [0.1, 0.15) is 34.2 Å². The summed E-state index contributed by atoms with van der Waals surface area (Å²) in [6, 6.07) is 3.31. The SMILES string of the molecule is Cc1cc(C(CN)N(C)C2CCCN(C)C2)c(C)s1. The molecule has 0 amide bonds. The lowest BCUT2D eigenvalue weighted by Crippen LogP contribution is -2.47. The standard InChI is InChI=1S/C15H27N3S/c1-11-8-14(12(2)19-11)15(9-16)18(4)13-6-5-7-17(3)10-13/h8,13,15H,5-7,9-10,16H2,1-4H3. The predicted octanol–water partition coefficient (Wildman–Crippen LogP) is 2.39. The van der Waals surface area contributed by atoms with Gasteiger partial charge in [-0.25, -0.2) is 0 Å². The van der Waals surface area contributed by atoms with Gasteiger partial charge in [0.15, 0.2) is 0 Å². The van der Waals surface area contributed by atoms with Crippen LogP contribution in [0, 0.1) is 13.8 Å². The minimum Gasteiger partial charge on any atom is -0.329 e. The molecule has 2 rings (SSSR count). The van der Waals surface area contributed by atoms with Crippen molar-refractivity contribution in [3.8, 4) is 0 Å². The number of likely N-dealkylation sites (tertiary alicyclic amines) is 1. The van der Waals surface area contributed by atoms with Crippen LogP contribution in [-0.2, 0) is 0 Å². The zero-order valence-electron chi connectivity index (χ0n) is 12.6. The Morgan fingerprint density at radius 1 is 1.53 bits per heavy atom. The molecule has 108 valence electrons. The molecule has 0 aromatic carbocycles. The molecule has 0 bridgehead atoms. The minimum absolute atomic E-state index is 0.362. The summed E-state index contributed by atoms with van der Waals surface area (Å²) in [7, 11) is 4.46. The van der Waals surface area contributed by atoms with Gasteiger partial charge in [0, 0.05) is 34.9 Å². The maximum atomic E-state index is 6.07. The van der Waals surface area contributed by atoms with Crippen LogP contribution in [-0.4, -0.2) is 49.6 Å². The fourth-order valence-electron chi connectivity index (χ4n) is 3.22. The molecular weight excluding hydrogens is 254 g/mol. The van der Waals surface area contributed by atoms with Gasteiger partial charge in [0.2, 0.25) is 0 Å². The summed E-state index contributed by atoms with van der Waals surface area (Å²) in [5, 5.41) is 0. The highest BCUT2D eigenvalue weighted by Gasteiger charge is 2.27. The smallest absolute Gasteiger partial charge is 0.0481 e. The van der Waals surface area contributed by atoms with E-state index in [1.807, 2.05) is 11.3 Å². The van der Waals surface area contributed by atoms with Gasteiger partial charge in [-0.05, 0) is 59.0 Å². The average Bonchev–Trinajstić information content (AvgIpc) is 2.69. The van der Waals surface area contributed by atoms with E-state index in [0.717, 1.165) is 6.54 Å². The lowest BCUT2D eigenvalue weighted by atomic mass is 9.99. The Kier molecular flexibility index (Phi) is 5.01. The second-order valence-corrected chi connectivity index (χ2v) is 7.30. The Balaban J connectivity index is 2.14. The molecule has 1 aliphatic heterocycles. The number of nitrogens with two attached hydrogens (primary N) is 1. The van der Waals surface area contributed by atoms with Crippen LogP contribution in [0.25, 0.3) is 0 Å². The van der Waals surface area contributed by atoms with Crippen LogP contribution in [0.15, 0.2) is 6.07 Å². The number of thiophene rings is 1. The summed E-state index contributed by atoms with van der Waals surface area (Å²) in [5.74, 6) is 0. The van der Waals surface area contributed by atoms with Gasteiger partial charge in [0.25, 0.3) is 0 Å². The Bertz CT molecular complexity index is 416. The number of aryl methyl sites for hydroxylation is 2. The van der Waals surface area contributed by atoms with Crippen LogP contribution in [0.4, 0.5) is 0 Å². The van der Waals surface area contributed by atoms with E-state index in [0.29, 0.717) is 18.6 Å². The number of hydrogen-bond donors (Lipinski definition) is 1. The van der Waals surface area contributed by atoms with E-state index in [4.69, 9.17) is 5.73 Å². The number of nitrogens with zero attached hydrogens (tertiary/aromatic N) is 2. The zero-order chi connectivity index (χ0) is 14.0. The van der Waals surface area contributed by atoms with Crippen LogP contribution >= 0.6 is 11.3 Å². The van der Waals surface area contributed by atoms with Gasteiger partial charge in [0.1, 0.15) is 0 Å². The highest BCUT2D eigenvalue weighted by atomic mass is 32.1. The Labute approximate surface area is 121 Å². The number of likely N-dealkylation sites (N-methyl/N-ethyl adjacent to an activating group) is 2. The van der Waals surface area contributed by atoms with E-state index >= 15 is 0 Å². The monoisotopic (exact) mass is 281 g/mol. The van der Waals surface area contributed by atoms with Crippen molar-refractivity contribution >= 4 is 11.3 Å². The molecule has 1 saturated heterocycles. The Morgan fingerprint density at radius 2 is 2.26 bits per heavy atom. The second-order valence-electron chi connectivity index (χ2n) is 5.84. The van der Waals surface area contributed by atoms with E-state index in [1.165, 1.54) is 34.7 Å². The van der Waals surface area contributed by atoms with E-state index in [-0.39, 0.29) is 0 Å². The molecule has 2 atom stereocenters. The summed E-state index contributed by atoms with van der Waals surface area (Å²) in [4.78, 5) is 7.75. The van der Waals surface area contributed by atoms with Gasteiger partial charge in [0.05, 0.1) is 0 Å². The molecule has 4 heteroatoms. The second kappa shape index (κ2) is 6.35. The maximum absolute atomic E-state index is 6.07. The molecule has 1 aromatic rings. The van der Waals surface area contributed by atoms with E-state index in [2.05, 4.69) is 43.8 Å². The first kappa shape index (κ1) is 15.0. The first-order valence-corrected chi connectivity index (χ1v) is 8.02. The van der Waals surface area contributed by atoms with Crippen molar-refractivity contribution in [1.82, 2.24) is 9.80 Å². The molecule has 1 fully saturated rings. The van der Waals surface area contributed by atoms with E-state index in [9.17, 15) is 0 Å². The fourth-order valence-corrected chi connectivity index (χ4v) is 4.20. The molecule has 19 heavy (non-hydrogen) atoms. The Hall–Kier alpha value is -0.420. The number of piperidine rings is 1. The molecular formula is C15H27N3S. The normalized spacial score (nSPS) is 22.9. The average molecular weight is 281 g/mol. The van der Waals surface area contributed by atoms with Crippen molar-refractivity contribution in [2.45, 2.75) is 38.8 Å². The zero-order valence-corrected chi connectivity index (χ0v) is 13.5. The van der Waals surface area contributed by atoms with Crippen LogP contribution < -0.4 is 5.73 Å². The van der Waals surface area contributed by atoms with Crippen molar-refractivity contribution in [1.29, 1.82) is 0 Å². The van der Waals surface area contributed by atoms with Crippen molar-refractivity contribution in [2.75, 3.05) is 33.7 Å². The lowest BCUT2D eigenvalue weighted by Gasteiger charge is -2.40. The molecule has 0 saturated carbocycles. The highest BCUT2D eigenvalue weighted by Crippen LogP contribution is 2.31.